The number of hydrogen-bond donors (Lipinski definition) is 2. The van der Waals surface area contributed by atoms with Crippen molar-refractivity contribution in [1.29, 1.82) is 0 Å². The van der Waals surface area contributed by atoms with Crippen LogP contribution < -0.4 is 14.8 Å². The van der Waals surface area contributed by atoms with Crippen molar-refractivity contribution < 1.29 is 19.9 Å². The van der Waals surface area contributed by atoms with Crippen molar-refractivity contribution in [3.8, 4) is 11.5 Å². The molecule has 4 nitrogen and oxygen atoms in total. The lowest BCUT2D eigenvalue weighted by Gasteiger charge is -2.38. The summed E-state index contributed by atoms with van der Waals surface area (Å²) in [5.74, 6) is 1.97. The molecule has 0 bridgehead atoms. The summed E-state index contributed by atoms with van der Waals surface area (Å²) in [6.45, 7) is 2.16. The highest BCUT2D eigenvalue weighted by Crippen LogP contribution is 2.34. The largest absolute Gasteiger partial charge is 0.497 e. The van der Waals surface area contributed by atoms with E-state index in [1.807, 2.05) is 24.3 Å². The zero-order chi connectivity index (χ0) is 17.8. The van der Waals surface area contributed by atoms with Gasteiger partial charge in [0.2, 0.25) is 0 Å². The SMILES string of the molecule is CC[C@H]1[C@@H](c2ccc(OC)cc2)[NH2+][C@@H](c2ccc(OC)cc2)C[C@@H]1O. The smallest absolute Gasteiger partial charge is 0.118 e. The van der Waals surface area contributed by atoms with Crippen molar-refractivity contribution in [2.24, 2.45) is 5.92 Å². The first-order chi connectivity index (χ1) is 12.2. The highest BCUT2D eigenvalue weighted by Gasteiger charge is 2.40. The van der Waals surface area contributed by atoms with Gasteiger partial charge in [0, 0.05) is 23.5 Å². The van der Waals surface area contributed by atoms with E-state index in [2.05, 4.69) is 36.5 Å². The van der Waals surface area contributed by atoms with Crippen LogP contribution in [-0.4, -0.2) is 25.4 Å². The Kier molecular flexibility index (Phi) is 5.61. The summed E-state index contributed by atoms with van der Waals surface area (Å²) in [5.41, 5.74) is 2.47. The Bertz CT molecular complexity index is 669. The molecule has 3 rings (SSSR count). The van der Waals surface area contributed by atoms with E-state index in [1.165, 1.54) is 11.1 Å². The Labute approximate surface area is 149 Å². The summed E-state index contributed by atoms with van der Waals surface area (Å²) < 4.78 is 10.5. The zero-order valence-electron chi connectivity index (χ0n) is 15.2. The molecule has 25 heavy (non-hydrogen) atoms. The van der Waals surface area contributed by atoms with Gasteiger partial charge in [-0.25, -0.2) is 0 Å². The first-order valence-electron chi connectivity index (χ1n) is 8.97. The summed E-state index contributed by atoms with van der Waals surface area (Å²) in [5, 5.41) is 13.2. The molecule has 1 heterocycles. The van der Waals surface area contributed by atoms with Gasteiger partial charge in [-0.2, -0.15) is 0 Å². The molecule has 0 aliphatic carbocycles. The van der Waals surface area contributed by atoms with Crippen LogP contribution >= 0.6 is 0 Å². The lowest BCUT2D eigenvalue weighted by Crippen LogP contribution is -2.90. The molecule has 0 spiro atoms. The van der Waals surface area contributed by atoms with E-state index >= 15 is 0 Å². The maximum atomic E-state index is 10.8. The Morgan fingerprint density at radius 3 is 1.92 bits per heavy atom. The molecule has 1 saturated heterocycles. The minimum atomic E-state index is -0.297. The summed E-state index contributed by atoms with van der Waals surface area (Å²) in [7, 11) is 3.36. The predicted octanol–water partition coefficient (Wildman–Crippen LogP) is 2.84. The molecule has 1 aliphatic heterocycles. The van der Waals surface area contributed by atoms with Crippen molar-refractivity contribution in [3.05, 3.63) is 59.7 Å². The summed E-state index contributed by atoms with van der Waals surface area (Å²) in [6, 6.07) is 16.9. The number of methoxy groups -OCH3 is 2. The monoisotopic (exact) mass is 342 g/mol. The molecule has 0 saturated carbocycles. The minimum Gasteiger partial charge on any atom is -0.497 e. The number of rotatable bonds is 5. The van der Waals surface area contributed by atoms with Crippen LogP contribution in [0.15, 0.2) is 48.5 Å². The van der Waals surface area contributed by atoms with Crippen LogP contribution in [0.1, 0.15) is 43.0 Å². The number of piperidine rings is 1. The van der Waals surface area contributed by atoms with Crippen LogP contribution in [0.2, 0.25) is 0 Å². The average molecular weight is 342 g/mol. The van der Waals surface area contributed by atoms with Gasteiger partial charge in [0.25, 0.3) is 0 Å². The third kappa shape index (κ3) is 3.80. The molecular formula is C21H28NO3+. The van der Waals surface area contributed by atoms with Crippen molar-refractivity contribution in [3.63, 3.8) is 0 Å². The fourth-order valence-electron chi connectivity index (χ4n) is 3.95. The lowest BCUT2D eigenvalue weighted by molar-refractivity contribution is -0.753. The third-order valence-electron chi connectivity index (χ3n) is 5.41. The van der Waals surface area contributed by atoms with E-state index < -0.39 is 0 Å². The Morgan fingerprint density at radius 2 is 1.44 bits per heavy atom. The number of benzene rings is 2. The topological polar surface area (TPSA) is 55.3 Å². The molecule has 0 radical (unpaired) electrons. The van der Waals surface area contributed by atoms with Gasteiger partial charge in [-0.05, 0) is 55.0 Å². The molecule has 2 aromatic rings. The van der Waals surface area contributed by atoms with Gasteiger partial charge in [0.1, 0.15) is 23.6 Å². The lowest BCUT2D eigenvalue weighted by atomic mass is 9.78. The van der Waals surface area contributed by atoms with Crippen molar-refractivity contribution in [1.82, 2.24) is 0 Å². The summed E-state index contributed by atoms with van der Waals surface area (Å²) in [4.78, 5) is 0. The maximum absolute atomic E-state index is 10.8. The second-order valence-corrected chi connectivity index (χ2v) is 6.75. The minimum absolute atomic E-state index is 0.242. The van der Waals surface area contributed by atoms with Crippen molar-refractivity contribution in [2.45, 2.75) is 38.0 Å². The fourth-order valence-corrected chi connectivity index (χ4v) is 3.95. The van der Waals surface area contributed by atoms with Crippen LogP contribution in [0.4, 0.5) is 0 Å². The van der Waals surface area contributed by atoms with Gasteiger partial charge < -0.3 is 19.9 Å². The number of ether oxygens (including phenoxy) is 2. The molecular weight excluding hydrogens is 314 g/mol. The van der Waals surface area contributed by atoms with Gasteiger partial charge in [-0.1, -0.05) is 6.92 Å². The molecule has 1 aliphatic rings. The average Bonchev–Trinajstić information content (AvgIpc) is 2.67. The standard InChI is InChI=1S/C21H27NO3/c1-4-18-20(23)13-19(14-5-9-16(24-2)10-6-14)22-21(18)15-7-11-17(25-3)12-8-15/h5-12,18-23H,4,13H2,1-3H3/p+1/t18-,19-,20+,21-/m1/s1. The van der Waals surface area contributed by atoms with E-state index in [0.29, 0.717) is 0 Å². The van der Waals surface area contributed by atoms with Gasteiger partial charge in [-0.15, -0.1) is 0 Å². The number of aliphatic hydroxyl groups excluding tert-OH is 1. The number of nitrogens with two attached hydrogens (primary N) is 1. The molecule has 2 aromatic carbocycles. The summed E-state index contributed by atoms with van der Waals surface area (Å²) >= 11 is 0. The van der Waals surface area contributed by atoms with E-state index in [1.54, 1.807) is 14.2 Å². The van der Waals surface area contributed by atoms with Crippen LogP contribution in [0, 0.1) is 5.92 Å². The van der Waals surface area contributed by atoms with Gasteiger partial charge in [0.05, 0.1) is 20.3 Å². The first-order valence-corrected chi connectivity index (χ1v) is 8.97. The molecule has 4 heteroatoms. The van der Waals surface area contributed by atoms with Crippen molar-refractivity contribution >= 4 is 0 Å². The predicted molar refractivity (Wildman–Crippen MR) is 97.8 cm³/mol. The van der Waals surface area contributed by atoms with E-state index in [0.717, 1.165) is 24.3 Å². The van der Waals surface area contributed by atoms with E-state index in [9.17, 15) is 5.11 Å². The quantitative estimate of drug-likeness (QED) is 0.878. The molecule has 134 valence electrons. The van der Waals surface area contributed by atoms with Crippen LogP contribution in [-0.2, 0) is 0 Å². The Morgan fingerprint density at radius 1 is 0.920 bits per heavy atom. The van der Waals surface area contributed by atoms with E-state index in [-0.39, 0.29) is 24.1 Å². The molecule has 0 amide bonds. The van der Waals surface area contributed by atoms with Crippen molar-refractivity contribution in [2.75, 3.05) is 14.2 Å². The second-order valence-electron chi connectivity index (χ2n) is 6.75. The van der Waals surface area contributed by atoms with Crippen LogP contribution in [0.5, 0.6) is 11.5 Å². The number of quaternary nitrogens is 1. The molecule has 1 fully saturated rings. The number of aliphatic hydroxyl groups is 1. The van der Waals surface area contributed by atoms with E-state index in [4.69, 9.17) is 9.47 Å². The first kappa shape index (κ1) is 17.8. The zero-order valence-corrected chi connectivity index (χ0v) is 15.2. The van der Waals surface area contributed by atoms with Gasteiger partial charge in [-0.3, -0.25) is 0 Å². The maximum Gasteiger partial charge on any atom is 0.118 e. The Hall–Kier alpha value is -2.04. The molecule has 4 atom stereocenters. The third-order valence-corrected chi connectivity index (χ3v) is 5.41. The van der Waals surface area contributed by atoms with Gasteiger partial charge in [0.15, 0.2) is 0 Å². The highest BCUT2D eigenvalue weighted by molar-refractivity contribution is 5.30. The van der Waals surface area contributed by atoms with Crippen LogP contribution in [0.25, 0.3) is 0 Å². The molecule has 0 unspecified atom stereocenters. The second kappa shape index (κ2) is 7.89. The molecule has 0 aromatic heterocycles. The Balaban J connectivity index is 1.85. The summed E-state index contributed by atoms with van der Waals surface area (Å²) in [6.07, 6.45) is 1.44. The molecule has 3 N–H and O–H groups in total. The number of hydrogen-bond acceptors (Lipinski definition) is 3. The van der Waals surface area contributed by atoms with Crippen LogP contribution in [0.3, 0.4) is 0 Å². The highest BCUT2D eigenvalue weighted by atomic mass is 16.5. The fraction of sp³-hybridized carbons (Fsp3) is 0.429. The normalized spacial score (nSPS) is 26.2. The van der Waals surface area contributed by atoms with Gasteiger partial charge >= 0.3 is 0 Å².